The lowest BCUT2D eigenvalue weighted by molar-refractivity contribution is 0.270. The highest BCUT2D eigenvalue weighted by atomic mass is 32.1. The van der Waals surface area contributed by atoms with Gasteiger partial charge in [-0.25, -0.2) is 9.78 Å². The van der Waals surface area contributed by atoms with E-state index in [2.05, 4.69) is 9.72 Å². The predicted molar refractivity (Wildman–Crippen MR) is 42.0 cm³/mol. The van der Waals surface area contributed by atoms with Gasteiger partial charge in [-0.05, 0) is 6.42 Å². The molecule has 4 heteroatoms. The highest BCUT2D eigenvalue weighted by Gasteiger charge is 1.99. The number of ether oxygens (including phenoxy) is 1. The van der Waals surface area contributed by atoms with Crippen molar-refractivity contribution in [2.75, 3.05) is 0 Å². The summed E-state index contributed by atoms with van der Waals surface area (Å²) in [6.07, 6.45) is 2.65. The molecule has 0 bridgehead atoms. The van der Waals surface area contributed by atoms with Crippen LogP contribution in [0.1, 0.15) is 16.8 Å². The number of nitrogens with zero attached hydrogens (tertiary/aromatic N) is 1. The lowest BCUT2D eigenvalue weighted by atomic mass is 10.5. The molecular formula is C7H8NO2S. The van der Waals surface area contributed by atoms with E-state index in [1.807, 2.05) is 6.92 Å². The predicted octanol–water partition coefficient (Wildman–Crippen LogP) is 1.29. The van der Waals surface area contributed by atoms with E-state index in [1.54, 1.807) is 17.5 Å². The van der Waals surface area contributed by atoms with Crippen LogP contribution in [-0.4, -0.2) is 11.5 Å². The van der Waals surface area contributed by atoms with Crippen molar-refractivity contribution < 1.29 is 9.53 Å². The summed E-state index contributed by atoms with van der Waals surface area (Å²) in [7, 11) is 0. The normalized spacial score (nSPS) is 9.55. The molecule has 0 N–H and O–H groups in total. The molecule has 0 unspecified atom stereocenters. The van der Waals surface area contributed by atoms with Gasteiger partial charge in [0, 0.05) is 6.20 Å². The quantitative estimate of drug-likeness (QED) is 0.683. The Hall–Kier alpha value is -0.900. The Balaban J connectivity index is 2.50. The van der Waals surface area contributed by atoms with Crippen molar-refractivity contribution in [2.45, 2.75) is 20.0 Å². The minimum Gasteiger partial charge on any atom is -0.451 e. The molecule has 0 saturated carbocycles. The lowest BCUT2D eigenvalue weighted by Crippen LogP contribution is -1.84. The van der Waals surface area contributed by atoms with Gasteiger partial charge < -0.3 is 4.74 Å². The number of aryl methyl sites for hydroxylation is 1. The molecule has 1 aromatic heterocycles. The van der Waals surface area contributed by atoms with Crippen molar-refractivity contribution in [2.24, 2.45) is 0 Å². The first kappa shape index (κ1) is 8.20. The maximum absolute atomic E-state index is 9.69. The van der Waals surface area contributed by atoms with Crippen LogP contribution in [0, 0.1) is 0 Å². The van der Waals surface area contributed by atoms with Crippen LogP contribution in [-0.2, 0) is 22.6 Å². The molecule has 0 fully saturated rings. The molecule has 1 radical (unpaired) electrons. The molecule has 0 aliphatic heterocycles. The van der Waals surface area contributed by atoms with Crippen LogP contribution in [0.2, 0.25) is 0 Å². The summed E-state index contributed by atoms with van der Waals surface area (Å²) >= 11 is 1.56. The first-order valence-electron chi connectivity index (χ1n) is 3.29. The molecule has 59 valence electrons. The monoisotopic (exact) mass is 170 g/mol. The van der Waals surface area contributed by atoms with Gasteiger partial charge in [0.15, 0.2) is 0 Å². The number of hydrogen-bond donors (Lipinski definition) is 0. The van der Waals surface area contributed by atoms with Crippen LogP contribution >= 0.6 is 11.3 Å². The van der Waals surface area contributed by atoms with E-state index in [4.69, 9.17) is 0 Å². The van der Waals surface area contributed by atoms with Gasteiger partial charge >= 0.3 is 6.47 Å². The Morgan fingerprint density at radius 3 is 3.18 bits per heavy atom. The summed E-state index contributed by atoms with van der Waals surface area (Å²) in [5.41, 5.74) is 0. The summed E-state index contributed by atoms with van der Waals surface area (Å²) < 4.78 is 4.44. The Morgan fingerprint density at radius 1 is 1.82 bits per heavy atom. The van der Waals surface area contributed by atoms with Gasteiger partial charge in [0.05, 0.1) is 9.88 Å². The zero-order valence-corrected chi connectivity index (χ0v) is 6.98. The minimum atomic E-state index is 0.293. The fraction of sp³-hybridized carbons (Fsp3) is 0.429. The smallest absolute Gasteiger partial charge is 0.417 e. The standard InChI is InChI=1S/C7H8NO2S/c1-2-7-8-3-6(11-7)4-10-5-9/h3H,2,4H2,1H3. The number of carbonyl (C=O) groups excluding carboxylic acids is 1. The summed E-state index contributed by atoms with van der Waals surface area (Å²) in [5, 5.41) is 1.06. The molecule has 1 aromatic rings. The van der Waals surface area contributed by atoms with E-state index in [0.29, 0.717) is 6.61 Å². The average Bonchev–Trinajstić information content (AvgIpc) is 2.48. The van der Waals surface area contributed by atoms with E-state index in [9.17, 15) is 4.79 Å². The highest BCUT2D eigenvalue weighted by molar-refractivity contribution is 7.11. The number of hydrogen-bond acceptors (Lipinski definition) is 4. The minimum absolute atomic E-state index is 0.293. The van der Waals surface area contributed by atoms with E-state index in [1.165, 1.54) is 6.47 Å². The summed E-state index contributed by atoms with van der Waals surface area (Å²) in [5.74, 6) is 0. The Kier molecular flexibility index (Phi) is 3.04. The average molecular weight is 170 g/mol. The van der Waals surface area contributed by atoms with Crippen molar-refractivity contribution in [3.63, 3.8) is 0 Å². The molecule has 0 saturated heterocycles. The van der Waals surface area contributed by atoms with Crippen LogP contribution in [0.5, 0.6) is 0 Å². The third-order valence-electron chi connectivity index (χ3n) is 1.18. The Labute approximate surface area is 69.0 Å². The topological polar surface area (TPSA) is 39.2 Å². The largest absolute Gasteiger partial charge is 0.451 e. The van der Waals surface area contributed by atoms with Crippen LogP contribution in [0.25, 0.3) is 0 Å². The molecule has 0 aliphatic rings. The van der Waals surface area contributed by atoms with E-state index in [-0.39, 0.29) is 0 Å². The van der Waals surface area contributed by atoms with Crippen molar-refractivity contribution in [3.8, 4) is 0 Å². The molecule has 0 aliphatic carbocycles. The molecule has 0 amide bonds. The third-order valence-corrected chi connectivity index (χ3v) is 2.29. The molecule has 0 aromatic carbocycles. The lowest BCUT2D eigenvalue weighted by Gasteiger charge is -1.89. The summed E-state index contributed by atoms with van der Waals surface area (Å²) in [6.45, 7) is 3.70. The molecule has 0 spiro atoms. The zero-order chi connectivity index (χ0) is 8.10. The number of rotatable bonds is 4. The molecule has 1 rings (SSSR count). The molecule has 1 heterocycles. The molecule has 3 nitrogen and oxygen atoms in total. The van der Waals surface area contributed by atoms with Crippen molar-refractivity contribution in [3.05, 3.63) is 16.1 Å². The first-order valence-corrected chi connectivity index (χ1v) is 4.11. The molecule has 0 atom stereocenters. The fourth-order valence-corrected chi connectivity index (χ4v) is 1.45. The van der Waals surface area contributed by atoms with Gasteiger partial charge in [-0.2, -0.15) is 0 Å². The van der Waals surface area contributed by atoms with Crippen LogP contribution in [0.15, 0.2) is 6.20 Å². The molecule has 11 heavy (non-hydrogen) atoms. The van der Waals surface area contributed by atoms with Gasteiger partial charge in [-0.1, -0.05) is 6.92 Å². The van der Waals surface area contributed by atoms with Gasteiger partial charge in [0.2, 0.25) is 0 Å². The highest BCUT2D eigenvalue weighted by Crippen LogP contribution is 2.13. The number of aromatic nitrogens is 1. The number of thiazole rings is 1. The fourth-order valence-electron chi connectivity index (χ4n) is 0.679. The second kappa shape index (κ2) is 4.08. The van der Waals surface area contributed by atoms with Crippen molar-refractivity contribution in [1.82, 2.24) is 4.98 Å². The van der Waals surface area contributed by atoms with E-state index < -0.39 is 0 Å². The third kappa shape index (κ3) is 2.31. The van der Waals surface area contributed by atoms with Gasteiger partial charge in [-0.15, -0.1) is 11.3 Å². The van der Waals surface area contributed by atoms with Crippen LogP contribution < -0.4 is 0 Å². The SMILES string of the molecule is CCc1ncc(CO[C]=O)s1. The van der Waals surface area contributed by atoms with Gasteiger partial charge in [0.25, 0.3) is 0 Å². The van der Waals surface area contributed by atoms with Crippen LogP contribution in [0.3, 0.4) is 0 Å². The van der Waals surface area contributed by atoms with Gasteiger partial charge in [0.1, 0.15) is 6.61 Å². The first-order chi connectivity index (χ1) is 5.36. The van der Waals surface area contributed by atoms with Crippen LogP contribution in [0.4, 0.5) is 0 Å². The second-order valence-electron chi connectivity index (χ2n) is 1.95. The maximum Gasteiger partial charge on any atom is 0.417 e. The van der Waals surface area contributed by atoms with E-state index >= 15 is 0 Å². The van der Waals surface area contributed by atoms with E-state index in [0.717, 1.165) is 16.3 Å². The Bertz CT molecular complexity index is 234. The molecular weight excluding hydrogens is 162 g/mol. The summed E-state index contributed by atoms with van der Waals surface area (Å²) in [4.78, 5) is 14.8. The van der Waals surface area contributed by atoms with Crippen molar-refractivity contribution in [1.29, 1.82) is 0 Å². The van der Waals surface area contributed by atoms with Crippen molar-refractivity contribution >= 4 is 17.8 Å². The second-order valence-corrected chi connectivity index (χ2v) is 3.15. The zero-order valence-electron chi connectivity index (χ0n) is 6.16. The summed E-state index contributed by atoms with van der Waals surface area (Å²) in [6, 6.07) is 0. The Morgan fingerprint density at radius 2 is 2.64 bits per heavy atom. The maximum atomic E-state index is 9.69. The van der Waals surface area contributed by atoms with Gasteiger partial charge in [-0.3, -0.25) is 0 Å².